The van der Waals surface area contributed by atoms with Gasteiger partial charge in [0, 0.05) is 32.6 Å². The van der Waals surface area contributed by atoms with Crippen molar-refractivity contribution in [2.45, 2.75) is 26.7 Å². The van der Waals surface area contributed by atoms with E-state index in [0.717, 1.165) is 12.8 Å². The molecule has 0 bridgehead atoms. The van der Waals surface area contributed by atoms with Crippen molar-refractivity contribution in [2.75, 3.05) is 32.6 Å². The van der Waals surface area contributed by atoms with Crippen molar-refractivity contribution in [1.29, 1.82) is 0 Å². The maximum atomic E-state index is 12.3. The Balaban J connectivity index is 2.69. The maximum absolute atomic E-state index is 12.3. The predicted molar refractivity (Wildman–Crippen MR) is 71.4 cm³/mol. The van der Waals surface area contributed by atoms with Gasteiger partial charge in [0.15, 0.2) is 0 Å². The highest BCUT2D eigenvalue weighted by Crippen LogP contribution is 2.21. The van der Waals surface area contributed by atoms with Crippen LogP contribution in [0.15, 0.2) is 0 Å². The summed E-state index contributed by atoms with van der Waals surface area (Å²) in [5, 5.41) is 0. The summed E-state index contributed by atoms with van der Waals surface area (Å²) in [4.78, 5) is 0. The Morgan fingerprint density at radius 1 is 1.47 bits per heavy atom. The minimum atomic E-state index is -3.29. The maximum Gasteiger partial charge on any atom is 0.281 e. The molecule has 0 saturated carbocycles. The van der Waals surface area contributed by atoms with Crippen LogP contribution in [0.2, 0.25) is 0 Å². The average molecular weight is 283 g/mol. The molecular weight excluding hydrogens is 260 g/mol. The van der Waals surface area contributed by atoms with Crippen molar-refractivity contribution < 1.29 is 8.42 Å². The molecule has 17 heavy (non-hydrogen) atoms. The molecule has 0 radical (unpaired) electrons. The van der Waals surface area contributed by atoms with Crippen LogP contribution < -0.4 is 0 Å². The van der Waals surface area contributed by atoms with E-state index >= 15 is 0 Å². The molecule has 1 heterocycles. The fourth-order valence-electron chi connectivity index (χ4n) is 2.17. The van der Waals surface area contributed by atoms with E-state index < -0.39 is 10.2 Å². The van der Waals surface area contributed by atoms with Gasteiger partial charge in [-0.1, -0.05) is 13.8 Å². The number of hydrogen-bond acceptors (Lipinski definition) is 2. The van der Waals surface area contributed by atoms with E-state index in [9.17, 15) is 8.42 Å². The summed E-state index contributed by atoms with van der Waals surface area (Å²) in [7, 11) is -1.64. The summed E-state index contributed by atoms with van der Waals surface area (Å²) in [5.41, 5.74) is 0. The second kappa shape index (κ2) is 6.36. The molecule has 1 rings (SSSR count). The van der Waals surface area contributed by atoms with Gasteiger partial charge >= 0.3 is 0 Å². The Kier molecular flexibility index (Phi) is 5.70. The highest BCUT2D eigenvalue weighted by molar-refractivity contribution is 7.86. The van der Waals surface area contributed by atoms with E-state index in [0.29, 0.717) is 37.4 Å². The molecule has 0 aromatic rings. The van der Waals surface area contributed by atoms with Crippen LogP contribution in [0, 0.1) is 11.8 Å². The van der Waals surface area contributed by atoms with Crippen molar-refractivity contribution in [3.63, 3.8) is 0 Å². The van der Waals surface area contributed by atoms with Crippen molar-refractivity contribution in [1.82, 2.24) is 8.61 Å². The molecule has 0 amide bonds. The number of hydrogen-bond donors (Lipinski definition) is 0. The summed E-state index contributed by atoms with van der Waals surface area (Å²) >= 11 is 5.82. The van der Waals surface area contributed by atoms with E-state index in [1.165, 1.54) is 4.31 Å². The monoisotopic (exact) mass is 282 g/mol. The molecule has 1 unspecified atom stereocenters. The third-order valence-corrected chi connectivity index (χ3v) is 5.40. The van der Waals surface area contributed by atoms with Crippen molar-refractivity contribution in [3.8, 4) is 0 Å². The summed E-state index contributed by atoms with van der Waals surface area (Å²) in [6.45, 7) is 5.78. The van der Waals surface area contributed by atoms with Gasteiger partial charge < -0.3 is 0 Å². The SMILES string of the molecule is CC(C)CN(C)S(=O)(=O)N1CCCC(CCl)C1. The number of piperidine rings is 1. The van der Waals surface area contributed by atoms with Gasteiger partial charge in [-0.15, -0.1) is 11.6 Å². The Morgan fingerprint density at radius 3 is 2.65 bits per heavy atom. The van der Waals surface area contributed by atoms with Gasteiger partial charge in [-0.2, -0.15) is 17.0 Å². The van der Waals surface area contributed by atoms with Crippen molar-refractivity contribution in [2.24, 2.45) is 11.8 Å². The zero-order valence-corrected chi connectivity index (χ0v) is 12.5. The van der Waals surface area contributed by atoms with Crippen LogP contribution in [0.25, 0.3) is 0 Å². The topological polar surface area (TPSA) is 40.6 Å². The van der Waals surface area contributed by atoms with E-state index in [4.69, 9.17) is 11.6 Å². The van der Waals surface area contributed by atoms with E-state index in [-0.39, 0.29) is 0 Å². The summed E-state index contributed by atoms with van der Waals surface area (Å²) in [5.74, 6) is 1.18. The Labute approximate surface area is 110 Å². The predicted octanol–water partition coefficient (Wildman–Crippen LogP) is 1.77. The summed E-state index contributed by atoms with van der Waals surface area (Å²) in [6.07, 6.45) is 1.94. The first-order valence-corrected chi connectivity index (χ1v) is 8.08. The molecule has 0 aromatic heterocycles. The molecule has 1 aliphatic heterocycles. The minimum Gasteiger partial charge on any atom is -0.195 e. The third-order valence-electron chi connectivity index (χ3n) is 3.04. The lowest BCUT2D eigenvalue weighted by molar-refractivity contribution is 0.262. The van der Waals surface area contributed by atoms with Crippen molar-refractivity contribution >= 4 is 21.8 Å². The highest BCUT2D eigenvalue weighted by atomic mass is 35.5. The van der Waals surface area contributed by atoms with Crippen LogP contribution in [0.1, 0.15) is 26.7 Å². The fourth-order valence-corrected chi connectivity index (χ4v) is 4.06. The van der Waals surface area contributed by atoms with Crippen LogP contribution in [0.4, 0.5) is 0 Å². The Bertz CT molecular complexity index is 332. The largest absolute Gasteiger partial charge is 0.281 e. The first-order valence-electron chi connectivity index (χ1n) is 6.15. The molecule has 102 valence electrons. The molecule has 1 saturated heterocycles. The lowest BCUT2D eigenvalue weighted by atomic mass is 10.0. The smallest absolute Gasteiger partial charge is 0.195 e. The molecule has 1 atom stereocenters. The number of rotatable bonds is 5. The second-order valence-corrected chi connectivity index (χ2v) is 7.55. The zero-order chi connectivity index (χ0) is 13.1. The molecule has 4 nitrogen and oxygen atoms in total. The van der Waals surface area contributed by atoms with Gasteiger partial charge in [-0.25, -0.2) is 0 Å². The number of halogens is 1. The van der Waals surface area contributed by atoms with Crippen LogP contribution in [0.3, 0.4) is 0 Å². The highest BCUT2D eigenvalue weighted by Gasteiger charge is 2.31. The van der Waals surface area contributed by atoms with Gasteiger partial charge in [0.25, 0.3) is 10.2 Å². The number of nitrogens with zero attached hydrogens (tertiary/aromatic N) is 2. The standard InChI is InChI=1S/C11H23ClN2O2S/c1-10(2)8-13(3)17(15,16)14-6-4-5-11(7-12)9-14/h10-11H,4-9H2,1-3H3. The summed E-state index contributed by atoms with van der Waals surface area (Å²) < 4.78 is 27.6. The molecule has 1 fully saturated rings. The van der Waals surface area contributed by atoms with Crippen LogP contribution in [-0.4, -0.2) is 49.6 Å². The number of alkyl halides is 1. The zero-order valence-electron chi connectivity index (χ0n) is 10.9. The Morgan fingerprint density at radius 2 is 2.12 bits per heavy atom. The molecule has 0 aliphatic carbocycles. The van der Waals surface area contributed by atoms with Gasteiger partial charge in [0.05, 0.1) is 0 Å². The molecule has 0 aromatic carbocycles. The van der Waals surface area contributed by atoms with Gasteiger partial charge in [-0.3, -0.25) is 0 Å². The lowest BCUT2D eigenvalue weighted by Crippen LogP contribution is -2.47. The van der Waals surface area contributed by atoms with Crippen LogP contribution in [0.5, 0.6) is 0 Å². The first-order chi connectivity index (χ1) is 7.87. The van der Waals surface area contributed by atoms with Crippen LogP contribution >= 0.6 is 11.6 Å². The second-order valence-electron chi connectivity index (χ2n) is 5.20. The van der Waals surface area contributed by atoms with Gasteiger partial charge in [0.2, 0.25) is 0 Å². The third kappa shape index (κ3) is 4.09. The molecular formula is C11H23ClN2O2S. The average Bonchev–Trinajstić information content (AvgIpc) is 2.28. The summed E-state index contributed by atoms with van der Waals surface area (Å²) in [6, 6.07) is 0. The van der Waals surface area contributed by atoms with E-state index in [2.05, 4.69) is 0 Å². The van der Waals surface area contributed by atoms with E-state index in [1.54, 1.807) is 11.4 Å². The van der Waals surface area contributed by atoms with Gasteiger partial charge in [0.1, 0.15) is 0 Å². The fraction of sp³-hybridized carbons (Fsp3) is 1.00. The van der Waals surface area contributed by atoms with E-state index in [1.807, 2.05) is 13.8 Å². The lowest BCUT2D eigenvalue weighted by Gasteiger charge is -2.34. The molecule has 0 N–H and O–H groups in total. The Hall–Kier alpha value is 0.160. The quantitative estimate of drug-likeness (QED) is 0.721. The first kappa shape index (κ1) is 15.2. The molecule has 6 heteroatoms. The molecule has 1 aliphatic rings. The minimum absolute atomic E-state index is 0.299. The normalized spacial score (nSPS) is 23.5. The molecule has 0 spiro atoms. The van der Waals surface area contributed by atoms with Crippen molar-refractivity contribution in [3.05, 3.63) is 0 Å². The van der Waals surface area contributed by atoms with Gasteiger partial charge in [-0.05, 0) is 24.7 Å². The van der Waals surface area contributed by atoms with Crippen LogP contribution in [-0.2, 0) is 10.2 Å².